The third-order valence-corrected chi connectivity index (χ3v) is 7.35. The number of carbonyl (C=O) groups is 1. The molecule has 184 valence electrons. The van der Waals surface area contributed by atoms with E-state index in [4.69, 9.17) is 0 Å². The van der Waals surface area contributed by atoms with Gasteiger partial charge in [-0.05, 0) is 65.4 Å². The molecule has 1 aliphatic rings. The van der Waals surface area contributed by atoms with E-state index < -0.39 is 40.0 Å². The minimum Gasteiger partial charge on any atom is -0.481 e. The molecule has 0 unspecified atom stereocenters. The maximum atomic E-state index is 15.1. The molecule has 4 rings (SSSR count). The van der Waals surface area contributed by atoms with Crippen molar-refractivity contribution >= 4 is 21.7 Å². The van der Waals surface area contributed by atoms with Crippen LogP contribution in [0, 0.1) is 19.7 Å². The van der Waals surface area contributed by atoms with Crippen molar-refractivity contribution in [2.24, 2.45) is 0 Å². The first kappa shape index (κ1) is 24.7. The van der Waals surface area contributed by atoms with Crippen molar-refractivity contribution in [2.75, 3.05) is 10.6 Å². The molecule has 0 aromatic heterocycles. The first-order valence-electron chi connectivity index (χ1n) is 10.5. The van der Waals surface area contributed by atoms with E-state index in [1.165, 1.54) is 24.3 Å². The smallest absolute Gasteiger partial charge is 0.416 e. The van der Waals surface area contributed by atoms with Gasteiger partial charge in [0, 0.05) is 11.1 Å². The minimum absolute atomic E-state index is 0.134. The summed E-state index contributed by atoms with van der Waals surface area (Å²) in [4.78, 5) is 11.8. The van der Waals surface area contributed by atoms with Gasteiger partial charge in [0.15, 0.2) is 0 Å². The number of carboxylic acids is 1. The Balaban J connectivity index is 2.14. The fourth-order valence-corrected chi connectivity index (χ4v) is 5.68. The number of benzene rings is 3. The van der Waals surface area contributed by atoms with Gasteiger partial charge in [0.1, 0.15) is 5.82 Å². The average molecular weight is 508 g/mol. The van der Waals surface area contributed by atoms with E-state index in [2.05, 4.69) is 0 Å². The summed E-state index contributed by atoms with van der Waals surface area (Å²) in [6.45, 7) is 3.01. The van der Waals surface area contributed by atoms with Crippen molar-refractivity contribution in [2.45, 2.75) is 33.0 Å². The Hall–Kier alpha value is -3.40. The van der Waals surface area contributed by atoms with Crippen LogP contribution < -0.4 is 4.31 Å². The quantitative estimate of drug-likeness (QED) is 0.460. The standard InChI is InChI=1S/C25H21F4NO4S/c1-13-18(11-20(31)32)21(15-7-9-17(10-8-15)25(27,28)29)14(2)22-23-16(5-4-6-19(23)26)12-30(24(13)22)35(3,33)34/h4-10H,11-12H2,1-3H3,(H,31,32). The number of anilines is 1. The Morgan fingerprint density at radius 1 is 1.00 bits per heavy atom. The second kappa shape index (κ2) is 8.37. The Labute approximate surface area is 199 Å². The Morgan fingerprint density at radius 2 is 1.63 bits per heavy atom. The Morgan fingerprint density at radius 3 is 2.17 bits per heavy atom. The predicted molar refractivity (Wildman–Crippen MR) is 124 cm³/mol. The molecule has 0 radical (unpaired) electrons. The molecule has 0 aliphatic carbocycles. The van der Waals surface area contributed by atoms with Gasteiger partial charge in [0.05, 0.1) is 30.5 Å². The number of nitrogens with zero attached hydrogens (tertiary/aromatic N) is 1. The number of carboxylic acid groups (broad SMARTS) is 1. The molecule has 3 aromatic rings. The van der Waals surface area contributed by atoms with Crippen molar-refractivity contribution in [1.82, 2.24) is 0 Å². The number of halogens is 4. The molecule has 1 aliphatic heterocycles. The average Bonchev–Trinajstić information content (AvgIpc) is 2.75. The molecule has 0 saturated heterocycles. The SMILES string of the molecule is Cc1c(-c2ccc(C(F)(F)F)cc2)c(CC(=O)O)c(C)c2c1-c1c(F)cccc1CN2S(C)(=O)=O. The lowest BCUT2D eigenvalue weighted by atomic mass is 9.80. The van der Waals surface area contributed by atoms with E-state index in [1.54, 1.807) is 19.9 Å². The first-order chi connectivity index (χ1) is 16.2. The van der Waals surface area contributed by atoms with Gasteiger partial charge in [0.2, 0.25) is 10.0 Å². The lowest BCUT2D eigenvalue weighted by molar-refractivity contribution is -0.138. The van der Waals surface area contributed by atoms with Gasteiger partial charge in [-0.15, -0.1) is 0 Å². The number of alkyl halides is 3. The number of hydrogen-bond donors (Lipinski definition) is 1. The fourth-order valence-electron chi connectivity index (χ4n) is 4.75. The highest BCUT2D eigenvalue weighted by atomic mass is 32.2. The van der Waals surface area contributed by atoms with Gasteiger partial charge in [-0.25, -0.2) is 12.8 Å². The highest BCUT2D eigenvalue weighted by Gasteiger charge is 2.36. The van der Waals surface area contributed by atoms with Crippen molar-refractivity contribution < 1.29 is 35.9 Å². The zero-order valence-electron chi connectivity index (χ0n) is 19.0. The van der Waals surface area contributed by atoms with Crippen LogP contribution in [0.25, 0.3) is 22.3 Å². The van der Waals surface area contributed by atoms with Crippen LogP contribution in [0.5, 0.6) is 0 Å². The fraction of sp³-hybridized carbons (Fsp3) is 0.240. The summed E-state index contributed by atoms with van der Waals surface area (Å²) < 4.78 is 81.1. The van der Waals surface area contributed by atoms with Gasteiger partial charge in [-0.1, -0.05) is 24.3 Å². The van der Waals surface area contributed by atoms with E-state index in [-0.39, 0.29) is 28.9 Å². The molecule has 0 atom stereocenters. The molecule has 1 N–H and O–H groups in total. The summed E-state index contributed by atoms with van der Waals surface area (Å²) in [5, 5.41) is 9.60. The van der Waals surface area contributed by atoms with Crippen LogP contribution in [-0.2, 0) is 34.0 Å². The molecule has 0 bridgehead atoms. The molecule has 0 fully saturated rings. The minimum atomic E-state index is -4.55. The largest absolute Gasteiger partial charge is 0.481 e. The Bertz CT molecular complexity index is 1460. The molecular weight excluding hydrogens is 486 g/mol. The summed E-state index contributed by atoms with van der Waals surface area (Å²) in [5.41, 5.74) is 1.78. The van der Waals surface area contributed by atoms with Crippen LogP contribution in [0.4, 0.5) is 23.2 Å². The number of aliphatic carboxylic acids is 1. The van der Waals surface area contributed by atoms with Gasteiger partial charge < -0.3 is 5.11 Å². The van der Waals surface area contributed by atoms with Gasteiger partial charge in [0.25, 0.3) is 0 Å². The maximum Gasteiger partial charge on any atom is 0.416 e. The number of sulfonamides is 1. The molecule has 1 heterocycles. The first-order valence-corrected chi connectivity index (χ1v) is 12.4. The van der Waals surface area contributed by atoms with Crippen LogP contribution in [0.15, 0.2) is 42.5 Å². The van der Waals surface area contributed by atoms with Crippen LogP contribution in [0.3, 0.4) is 0 Å². The van der Waals surface area contributed by atoms with E-state index >= 15 is 4.39 Å². The van der Waals surface area contributed by atoms with Crippen molar-refractivity contribution in [1.29, 1.82) is 0 Å². The zero-order chi connectivity index (χ0) is 25.9. The Kier molecular flexibility index (Phi) is 5.91. The molecule has 0 spiro atoms. The highest BCUT2D eigenvalue weighted by molar-refractivity contribution is 7.92. The third kappa shape index (κ3) is 4.27. The lowest BCUT2D eigenvalue weighted by Crippen LogP contribution is -2.34. The monoisotopic (exact) mass is 507 g/mol. The molecule has 35 heavy (non-hydrogen) atoms. The second-order valence-electron chi connectivity index (χ2n) is 8.52. The summed E-state index contributed by atoms with van der Waals surface area (Å²) in [6, 6.07) is 8.59. The number of rotatable bonds is 4. The van der Waals surface area contributed by atoms with E-state index in [1.807, 2.05) is 0 Å². The van der Waals surface area contributed by atoms with Gasteiger partial charge >= 0.3 is 12.1 Å². The van der Waals surface area contributed by atoms with Gasteiger partial charge in [-0.3, -0.25) is 9.10 Å². The summed E-state index contributed by atoms with van der Waals surface area (Å²) in [5.74, 6) is -1.78. The molecule has 0 amide bonds. The lowest BCUT2D eigenvalue weighted by Gasteiger charge is -2.35. The number of hydrogen-bond acceptors (Lipinski definition) is 3. The summed E-state index contributed by atoms with van der Waals surface area (Å²) in [6.07, 6.45) is -4.05. The van der Waals surface area contributed by atoms with Crippen LogP contribution in [0.2, 0.25) is 0 Å². The molecular formula is C25H21F4NO4S. The number of fused-ring (bicyclic) bond motifs is 3. The second-order valence-corrected chi connectivity index (χ2v) is 10.4. The van der Waals surface area contributed by atoms with E-state index in [0.717, 1.165) is 22.7 Å². The van der Waals surface area contributed by atoms with Crippen molar-refractivity contribution in [3.63, 3.8) is 0 Å². The molecule has 10 heteroatoms. The van der Waals surface area contributed by atoms with Gasteiger partial charge in [-0.2, -0.15) is 13.2 Å². The van der Waals surface area contributed by atoms with Crippen molar-refractivity contribution in [3.05, 3.63) is 76.1 Å². The molecule has 0 saturated carbocycles. The highest BCUT2D eigenvalue weighted by Crippen LogP contribution is 2.50. The molecule has 3 aromatic carbocycles. The molecule has 5 nitrogen and oxygen atoms in total. The van der Waals surface area contributed by atoms with Crippen molar-refractivity contribution in [3.8, 4) is 22.3 Å². The normalized spacial score (nSPS) is 13.4. The zero-order valence-corrected chi connectivity index (χ0v) is 19.8. The topological polar surface area (TPSA) is 74.7 Å². The van der Waals surface area contributed by atoms with E-state index in [0.29, 0.717) is 27.8 Å². The maximum absolute atomic E-state index is 15.1. The van der Waals surface area contributed by atoms with Crippen LogP contribution in [-0.4, -0.2) is 25.7 Å². The third-order valence-electron chi connectivity index (χ3n) is 6.24. The summed E-state index contributed by atoms with van der Waals surface area (Å²) in [7, 11) is -3.84. The van der Waals surface area contributed by atoms with Crippen LogP contribution >= 0.6 is 0 Å². The predicted octanol–water partition coefficient (Wildman–Crippen LogP) is 5.70. The summed E-state index contributed by atoms with van der Waals surface area (Å²) >= 11 is 0. The van der Waals surface area contributed by atoms with E-state index in [9.17, 15) is 31.5 Å². The van der Waals surface area contributed by atoms with Crippen LogP contribution in [0.1, 0.15) is 27.8 Å².